The molecule has 4 heteroatoms. The molecule has 1 amide bonds. The first-order valence-corrected chi connectivity index (χ1v) is 8.74. The van der Waals surface area contributed by atoms with Crippen molar-refractivity contribution >= 4 is 17.7 Å². The third-order valence-electron chi connectivity index (χ3n) is 3.20. The van der Waals surface area contributed by atoms with Crippen molar-refractivity contribution in [3.63, 3.8) is 0 Å². The number of nitrogens with one attached hydrogen (secondary N) is 1. The highest BCUT2D eigenvalue weighted by atomic mass is 32.2. The molecule has 1 N–H and O–H groups in total. The van der Waals surface area contributed by atoms with Gasteiger partial charge in [0.2, 0.25) is 5.91 Å². The molecule has 2 rings (SSSR count). The monoisotopic (exact) mass is 339 g/mol. The lowest BCUT2D eigenvalue weighted by atomic mass is 10.2. The minimum Gasteiger partial charge on any atom is -0.365 e. The Morgan fingerprint density at radius 1 is 1.12 bits per heavy atom. The second-order valence-corrected chi connectivity index (χ2v) is 5.95. The van der Waals surface area contributed by atoms with Gasteiger partial charge in [-0.05, 0) is 41.6 Å². The molecule has 0 saturated carbocycles. The Balaban J connectivity index is 1.82. The van der Waals surface area contributed by atoms with Crippen LogP contribution in [0.15, 0.2) is 65.6 Å². The van der Waals surface area contributed by atoms with E-state index in [4.69, 9.17) is 4.74 Å². The topological polar surface area (TPSA) is 38.3 Å². The predicted molar refractivity (Wildman–Crippen MR) is 98.4 cm³/mol. The maximum atomic E-state index is 12.1. The van der Waals surface area contributed by atoms with E-state index in [1.54, 1.807) is 0 Å². The van der Waals surface area contributed by atoms with E-state index in [0.717, 1.165) is 10.5 Å². The summed E-state index contributed by atoms with van der Waals surface area (Å²) in [7, 11) is 0. The molecule has 2 aromatic carbocycles. The van der Waals surface area contributed by atoms with E-state index in [9.17, 15) is 4.79 Å². The minimum absolute atomic E-state index is 0.0590. The van der Waals surface area contributed by atoms with Crippen LogP contribution in [0.1, 0.15) is 18.9 Å². The van der Waals surface area contributed by atoms with Crippen LogP contribution in [0.2, 0.25) is 0 Å². The smallest absolute Gasteiger partial charge is 0.223 e. The molecule has 0 spiro atoms. The largest absolute Gasteiger partial charge is 0.365 e. The van der Waals surface area contributed by atoms with Crippen molar-refractivity contribution in [3.05, 3.63) is 66.2 Å². The van der Waals surface area contributed by atoms with Crippen LogP contribution in [0.25, 0.3) is 0 Å². The van der Waals surface area contributed by atoms with Crippen LogP contribution in [-0.4, -0.2) is 18.6 Å². The van der Waals surface area contributed by atoms with E-state index in [1.165, 1.54) is 11.8 Å². The minimum atomic E-state index is -0.387. The SMILES string of the molecule is CCOC(C#CSc1ccccc1)CC(=O)NCc1ccccc1. The van der Waals surface area contributed by atoms with Crippen LogP contribution in [0.4, 0.5) is 0 Å². The van der Waals surface area contributed by atoms with Gasteiger partial charge in [-0.15, -0.1) is 0 Å². The summed E-state index contributed by atoms with van der Waals surface area (Å²) in [5.74, 6) is 2.97. The number of carbonyl (C=O) groups is 1. The fourth-order valence-electron chi connectivity index (χ4n) is 2.03. The molecular formula is C20H21NO2S. The lowest BCUT2D eigenvalue weighted by Crippen LogP contribution is -2.27. The molecular weight excluding hydrogens is 318 g/mol. The average molecular weight is 339 g/mol. The van der Waals surface area contributed by atoms with Gasteiger partial charge in [0.05, 0.1) is 6.42 Å². The van der Waals surface area contributed by atoms with Crippen molar-refractivity contribution in [1.82, 2.24) is 5.32 Å². The molecule has 0 saturated heterocycles. The van der Waals surface area contributed by atoms with E-state index < -0.39 is 0 Å². The van der Waals surface area contributed by atoms with Gasteiger partial charge in [0, 0.05) is 18.0 Å². The molecule has 1 unspecified atom stereocenters. The van der Waals surface area contributed by atoms with Gasteiger partial charge in [-0.25, -0.2) is 0 Å². The molecule has 0 heterocycles. The van der Waals surface area contributed by atoms with Crippen molar-refractivity contribution in [1.29, 1.82) is 0 Å². The zero-order valence-electron chi connectivity index (χ0n) is 13.7. The lowest BCUT2D eigenvalue weighted by molar-refractivity contribution is -0.123. The first kappa shape index (κ1) is 18.1. The van der Waals surface area contributed by atoms with E-state index in [1.807, 2.05) is 67.6 Å². The molecule has 24 heavy (non-hydrogen) atoms. The number of hydrogen-bond donors (Lipinski definition) is 1. The summed E-state index contributed by atoms with van der Waals surface area (Å²) in [4.78, 5) is 13.1. The highest BCUT2D eigenvalue weighted by Crippen LogP contribution is 2.15. The van der Waals surface area contributed by atoms with Crippen molar-refractivity contribution < 1.29 is 9.53 Å². The third kappa shape index (κ3) is 6.91. The molecule has 0 radical (unpaired) electrons. The number of amides is 1. The van der Waals surface area contributed by atoms with Gasteiger partial charge in [0.1, 0.15) is 6.10 Å². The number of ether oxygens (including phenoxy) is 1. The standard InChI is InChI=1S/C20H21NO2S/c1-2-23-18(13-14-24-19-11-7-4-8-12-19)15-20(22)21-16-17-9-5-3-6-10-17/h3-12,18H,2,15-16H2,1H3,(H,21,22). The lowest BCUT2D eigenvalue weighted by Gasteiger charge is -2.11. The Bertz CT molecular complexity index is 677. The number of thioether (sulfide) groups is 1. The first-order chi connectivity index (χ1) is 11.8. The molecule has 0 aliphatic carbocycles. The molecule has 2 aromatic rings. The van der Waals surface area contributed by atoms with Gasteiger partial charge < -0.3 is 10.1 Å². The quantitative estimate of drug-likeness (QED) is 0.615. The van der Waals surface area contributed by atoms with Gasteiger partial charge in [-0.2, -0.15) is 0 Å². The number of hydrogen-bond acceptors (Lipinski definition) is 3. The average Bonchev–Trinajstić information content (AvgIpc) is 2.62. The van der Waals surface area contributed by atoms with Crippen LogP contribution in [0.3, 0.4) is 0 Å². The summed E-state index contributed by atoms with van der Waals surface area (Å²) >= 11 is 1.44. The normalized spacial score (nSPS) is 11.2. The van der Waals surface area contributed by atoms with Gasteiger partial charge >= 0.3 is 0 Å². The zero-order chi connectivity index (χ0) is 17.0. The summed E-state index contributed by atoms with van der Waals surface area (Å²) in [5, 5.41) is 5.93. The van der Waals surface area contributed by atoms with E-state index in [2.05, 4.69) is 16.5 Å². The first-order valence-electron chi connectivity index (χ1n) is 7.92. The fraction of sp³-hybridized carbons (Fsp3) is 0.250. The Kier molecular flexibility index (Phi) is 7.96. The summed E-state index contributed by atoms with van der Waals surface area (Å²) in [6, 6.07) is 19.8. The second kappa shape index (κ2) is 10.5. The highest BCUT2D eigenvalue weighted by molar-refractivity contribution is 8.03. The fourth-order valence-corrected chi connectivity index (χ4v) is 2.63. The summed E-state index contributed by atoms with van der Waals surface area (Å²) < 4.78 is 5.55. The second-order valence-electron chi connectivity index (χ2n) is 5.07. The zero-order valence-corrected chi connectivity index (χ0v) is 14.5. The predicted octanol–water partition coefficient (Wildman–Crippen LogP) is 3.85. The van der Waals surface area contributed by atoms with Crippen molar-refractivity contribution in [2.24, 2.45) is 0 Å². The Hall–Kier alpha value is -2.22. The van der Waals surface area contributed by atoms with E-state index in [0.29, 0.717) is 13.2 Å². The maximum absolute atomic E-state index is 12.1. The molecule has 0 aliphatic heterocycles. The summed E-state index contributed by atoms with van der Waals surface area (Å²) in [5.41, 5.74) is 1.07. The van der Waals surface area contributed by atoms with E-state index >= 15 is 0 Å². The van der Waals surface area contributed by atoms with Gasteiger partial charge in [-0.3, -0.25) is 4.79 Å². The van der Waals surface area contributed by atoms with Gasteiger partial charge in [0.15, 0.2) is 0 Å². The summed E-state index contributed by atoms with van der Waals surface area (Å²) in [6.45, 7) is 2.95. The van der Waals surface area contributed by atoms with Crippen LogP contribution >= 0.6 is 11.8 Å². The number of benzene rings is 2. The molecule has 0 aromatic heterocycles. The Morgan fingerprint density at radius 2 is 1.79 bits per heavy atom. The van der Waals surface area contributed by atoms with Crippen molar-refractivity contribution in [2.45, 2.75) is 30.9 Å². The molecule has 0 fully saturated rings. The highest BCUT2D eigenvalue weighted by Gasteiger charge is 2.11. The molecule has 0 bridgehead atoms. The number of carbonyl (C=O) groups excluding carboxylic acids is 1. The van der Waals surface area contributed by atoms with Gasteiger partial charge in [-0.1, -0.05) is 54.5 Å². The Morgan fingerprint density at radius 3 is 2.46 bits per heavy atom. The maximum Gasteiger partial charge on any atom is 0.223 e. The summed E-state index contributed by atoms with van der Waals surface area (Å²) in [6.07, 6.45) is -0.148. The molecule has 1 atom stereocenters. The van der Waals surface area contributed by atoms with Crippen LogP contribution < -0.4 is 5.32 Å². The third-order valence-corrected chi connectivity index (χ3v) is 3.93. The number of rotatable bonds is 7. The van der Waals surface area contributed by atoms with E-state index in [-0.39, 0.29) is 18.4 Å². The van der Waals surface area contributed by atoms with Gasteiger partial charge in [0.25, 0.3) is 0 Å². The molecule has 3 nitrogen and oxygen atoms in total. The van der Waals surface area contributed by atoms with Crippen LogP contribution in [0.5, 0.6) is 0 Å². The molecule has 124 valence electrons. The Labute approximate surface area is 147 Å². The van der Waals surface area contributed by atoms with Crippen LogP contribution in [-0.2, 0) is 16.1 Å². The molecule has 0 aliphatic rings. The van der Waals surface area contributed by atoms with Crippen molar-refractivity contribution in [3.8, 4) is 11.2 Å². The van der Waals surface area contributed by atoms with Crippen LogP contribution in [0, 0.1) is 11.2 Å². The van der Waals surface area contributed by atoms with Crippen molar-refractivity contribution in [2.75, 3.05) is 6.61 Å².